The number of ether oxygens (including phenoxy) is 1. The zero-order chi connectivity index (χ0) is 18.5. The molecule has 1 fully saturated rings. The van der Waals surface area contributed by atoms with Crippen molar-refractivity contribution < 1.29 is 9.84 Å². The van der Waals surface area contributed by atoms with Crippen LogP contribution in [0.2, 0.25) is 10.0 Å². The Morgan fingerprint density at radius 2 is 1.92 bits per heavy atom. The van der Waals surface area contributed by atoms with E-state index in [2.05, 4.69) is 24.0 Å². The average molecular weight is 392 g/mol. The molecule has 0 amide bonds. The molecule has 1 N–H and O–H groups in total. The molecular weight excluding hydrogens is 369 g/mol. The number of likely N-dealkylation sites (tertiary alicyclic amines) is 1. The fraction of sp³-hybridized carbons (Fsp3) is 0.429. The first-order valence-corrected chi connectivity index (χ1v) is 9.75. The van der Waals surface area contributed by atoms with Gasteiger partial charge in [-0.1, -0.05) is 29.3 Å². The third kappa shape index (κ3) is 3.34. The van der Waals surface area contributed by atoms with E-state index in [4.69, 9.17) is 27.9 Å². The summed E-state index contributed by atoms with van der Waals surface area (Å²) in [4.78, 5) is 2.38. The molecule has 138 valence electrons. The van der Waals surface area contributed by atoms with E-state index in [1.54, 1.807) is 0 Å². The third-order valence-electron chi connectivity index (χ3n) is 5.44. The van der Waals surface area contributed by atoms with Crippen molar-refractivity contribution in [1.29, 1.82) is 0 Å². The van der Waals surface area contributed by atoms with E-state index < -0.39 is 5.60 Å². The SMILES string of the molecule is Cc1cc(OCc2c(Cl)cccc2Cl)cc2c1C(N1CC(C)(O)C1)CC2. The summed E-state index contributed by atoms with van der Waals surface area (Å²) in [6.07, 6.45) is 2.15. The van der Waals surface area contributed by atoms with Crippen LogP contribution in [0.3, 0.4) is 0 Å². The Morgan fingerprint density at radius 3 is 2.58 bits per heavy atom. The molecule has 0 spiro atoms. The summed E-state index contributed by atoms with van der Waals surface area (Å²) >= 11 is 12.5. The highest BCUT2D eigenvalue weighted by Crippen LogP contribution is 2.43. The molecule has 1 heterocycles. The van der Waals surface area contributed by atoms with Gasteiger partial charge in [-0.15, -0.1) is 0 Å². The second-order valence-corrected chi connectivity index (χ2v) is 8.57. The van der Waals surface area contributed by atoms with E-state index in [-0.39, 0.29) is 0 Å². The molecule has 4 rings (SSSR count). The van der Waals surface area contributed by atoms with Crippen molar-refractivity contribution in [2.75, 3.05) is 13.1 Å². The molecule has 2 aromatic rings. The maximum atomic E-state index is 10.0. The first-order valence-electron chi connectivity index (χ1n) is 8.99. The number of aryl methyl sites for hydroxylation is 2. The summed E-state index contributed by atoms with van der Waals surface area (Å²) in [5.41, 5.74) is 4.28. The van der Waals surface area contributed by atoms with E-state index in [1.165, 1.54) is 16.7 Å². The van der Waals surface area contributed by atoms with Crippen molar-refractivity contribution >= 4 is 23.2 Å². The van der Waals surface area contributed by atoms with E-state index in [0.717, 1.165) is 37.2 Å². The molecule has 1 aliphatic carbocycles. The first-order chi connectivity index (χ1) is 12.3. The average Bonchev–Trinajstić information content (AvgIpc) is 2.96. The molecular formula is C21H23Cl2NO2. The molecule has 26 heavy (non-hydrogen) atoms. The van der Waals surface area contributed by atoms with Gasteiger partial charge in [0.1, 0.15) is 12.4 Å². The van der Waals surface area contributed by atoms with Crippen LogP contribution in [0.4, 0.5) is 0 Å². The van der Waals surface area contributed by atoms with Crippen LogP contribution in [0.25, 0.3) is 0 Å². The van der Waals surface area contributed by atoms with Gasteiger partial charge in [-0.25, -0.2) is 0 Å². The van der Waals surface area contributed by atoms with Gasteiger partial charge in [-0.05, 0) is 67.6 Å². The Hall–Kier alpha value is -1.26. The van der Waals surface area contributed by atoms with Crippen molar-refractivity contribution in [3.63, 3.8) is 0 Å². The van der Waals surface area contributed by atoms with Gasteiger partial charge < -0.3 is 9.84 Å². The van der Waals surface area contributed by atoms with Crippen LogP contribution in [0.5, 0.6) is 5.75 Å². The van der Waals surface area contributed by atoms with E-state index in [0.29, 0.717) is 22.7 Å². The normalized spacial score (nSPS) is 21.3. The van der Waals surface area contributed by atoms with Crippen LogP contribution >= 0.6 is 23.2 Å². The molecule has 1 atom stereocenters. The number of β-amino-alcohol motifs (C(OH)–C–C–N with tert-alkyl or cyclic N) is 1. The molecule has 0 saturated carbocycles. The summed E-state index contributed by atoms with van der Waals surface area (Å²) in [7, 11) is 0. The van der Waals surface area contributed by atoms with Crippen LogP contribution in [-0.4, -0.2) is 28.7 Å². The lowest BCUT2D eigenvalue weighted by Crippen LogP contribution is -2.60. The molecule has 2 aliphatic rings. The summed E-state index contributed by atoms with van der Waals surface area (Å²) in [6.45, 7) is 5.90. The van der Waals surface area contributed by atoms with E-state index >= 15 is 0 Å². The minimum Gasteiger partial charge on any atom is -0.489 e. The maximum Gasteiger partial charge on any atom is 0.120 e. The van der Waals surface area contributed by atoms with Crippen LogP contribution in [0, 0.1) is 6.92 Å². The first kappa shape index (κ1) is 18.1. The van der Waals surface area contributed by atoms with Gasteiger partial charge in [-0.2, -0.15) is 0 Å². The number of fused-ring (bicyclic) bond motifs is 1. The second kappa shape index (κ2) is 6.72. The van der Waals surface area contributed by atoms with Crippen LogP contribution < -0.4 is 4.74 Å². The smallest absolute Gasteiger partial charge is 0.120 e. The molecule has 1 saturated heterocycles. The quantitative estimate of drug-likeness (QED) is 0.801. The Morgan fingerprint density at radius 1 is 1.23 bits per heavy atom. The number of benzene rings is 2. The zero-order valence-corrected chi connectivity index (χ0v) is 16.6. The van der Waals surface area contributed by atoms with Gasteiger partial charge >= 0.3 is 0 Å². The largest absolute Gasteiger partial charge is 0.489 e. The molecule has 0 bridgehead atoms. The summed E-state index contributed by atoms with van der Waals surface area (Å²) in [5, 5.41) is 11.3. The standard InChI is InChI=1S/C21H23Cl2NO2/c1-13-8-15(26-10-16-17(22)4-3-5-18(16)23)9-14-6-7-19(20(13)14)24-11-21(2,25)12-24/h3-5,8-9,19,25H,6-7,10-12H2,1-2H3. The van der Waals surface area contributed by atoms with E-state index in [9.17, 15) is 5.11 Å². The lowest BCUT2D eigenvalue weighted by molar-refractivity contribution is -0.103. The summed E-state index contributed by atoms with van der Waals surface area (Å²) < 4.78 is 6.01. The van der Waals surface area contributed by atoms with Crippen LogP contribution in [0.15, 0.2) is 30.3 Å². The minimum atomic E-state index is -0.534. The predicted octanol–water partition coefficient (Wildman–Crippen LogP) is 4.93. The maximum absolute atomic E-state index is 10.0. The molecule has 1 aliphatic heterocycles. The number of aliphatic hydroxyl groups is 1. The second-order valence-electron chi connectivity index (χ2n) is 7.76. The van der Waals surface area contributed by atoms with Crippen molar-refractivity contribution in [3.05, 3.63) is 62.6 Å². The van der Waals surface area contributed by atoms with Gasteiger partial charge in [0.05, 0.1) is 5.60 Å². The summed E-state index contributed by atoms with van der Waals surface area (Å²) in [6, 6.07) is 10.1. The molecule has 0 aromatic heterocycles. The monoisotopic (exact) mass is 391 g/mol. The van der Waals surface area contributed by atoms with Crippen molar-refractivity contribution in [2.45, 2.75) is 44.9 Å². The molecule has 2 aromatic carbocycles. The summed E-state index contributed by atoms with van der Waals surface area (Å²) in [5.74, 6) is 0.855. The molecule has 5 heteroatoms. The highest BCUT2D eigenvalue weighted by atomic mass is 35.5. The number of nitrogens with zero attached hydrogens (tertiary/aromatic N) is 1. The number of hydrogen-bond acceptors (Lipinski definition) is 3. The lowest BCUT2D eigenvalue weighted by atomic mass is 9.91. The number of halogens is 2. The lowest BCUT2D eigenvalue weighted by Gasteiger charge is -2.48. The molecule has 3 nitrogen and oxygen atoms in total. The topological polar surface area (TPSA) is 32.7 Å². The van der Waals surface area contributed by atoms with Crippen molar-refractivity contribution in [1.82, 2.24) is 4.90 Å². The van der Waals surface area contributed by atoms with E-state index in [1.807, 2.05) is 25.1 Å². The van der Waals surface area contributed by atoms with Gasteiger partial charge in [0.15, 0.2) is 0 Å². The zero-order valence-electron chi connectivity index (χ0n) is 15.1. The fourth-order valence-electron chi connectivity index (χ4n) is 4.28. The molecule has 0 radical (unpaired) electrons. The Labute approximate surface area is 164 Å². The Kier molecular flexibility index (Phi) is 4.68. The third-order valence-corrected chi connectivity index (χ3v) is 6.15. The highest BCUT2D eigenvalue weighted by Gasteiger charge is 2.43. The Bertz CT molecular complexity index is 822. The van der Waals surface area contributed by atoms with Gasteiger partial charge in [-0.3, -0.25) is 4.90 Å². The fourth-order valence-corrected chi connectivity index (χ4v) is 4.79. The number of hydrogen-bond donors (Lipinski definition) is 1. The highest BCUT2D eigenvalue weighted by molar-refractivity contribution is 6.35. The van der Waals surface area contributed by atoms with Crippen molar-refractivity contribution in [2.24, 2.45) is 0 Å². The predicted molar refractivity (Wildman–Crippen MR) is 105 cm³/mol. The minimum absolute atomic E-state index is 0.356. The van der Waals surface area contributed by atoms with Crippen molar-refractivity contribution in [3.8, 4) is 5.75 Å². The molecule has 1 unspecified atom stereocenters. The van der Waals surface area contributed by atoms with Crippen LogP contribution in [-0.2, 0) is 13.0 Å². The van der Waals surface area contributed by atoms with Gasteiger partial charge in [0, 0.05) is 34.7 Å². The van der Waals surface area contributed by atoms with Crippen LogP contribution in [0.1, 0.15) is 41.6 Å². The number of rotatable bonds is 4. The van der Waals surface area contributed by atoms with Gasteiger partial charge in [0.2, 0.25) is 0 Å². The van der Waals surface area contributed by atoms with Gasteiger partial charge in [0.25, 0.3) is 0 Å². The Balaban J connectivity index is 1.51.